The Hall–Kier alpha value is -3.14. The largest absolute Gasteiger partial charge is 0.482 e. The van der Waals surface area contributed by atoms with E-state index in [1.807, 2.05) is 43.3 Å². The number of rotatable bonds is 7. The van der Waals surface area contributed by atoms with E-state index in [0.29, 0.717) is 11.3 Å². The second kappa shape index (κ2) is 9.23. The molecule has 2 rings (SSSR count). The van der Waals surface area contributed by atoms with Crippen molar-refractivity contribution in [1.29, 1.82) is 0 Å². The third-order valence-electron chi connectivity index (χ3n) is 3.41. The summed E-state index contributed by atoms with van der Waals surface area (Å²) in [4.78, 5) is 23.2. The highest BCUT2D eigenvalue weighted by Crippen LogP contribution is 2.14. The van der Waals surface area contributed by atoms with Crippen molar-refractivity contribution in [3.8, 4) is 5.75 Å². The second-order valence-electron chi connectivity index (χ2n) is 5.39. The lowest BCUT2D eigenvalue weighted by molar-refractivity contribution is -0.142. The zero-order valence-electron chi connectivity index (χ0n) is 14.3. The minimum Gasteiger partial charge on any atom is -0.482 e. The Morgan fingerprint density at radius 1 is 0.960 bits per heavy atom. The Kier molecular flexibility index (Phi) is 6.72. The molecule has 0 spiro atoms. The molecular weight excluding hydrogens is 316 g/mol. The van der Waals surface area contributed by atoms with Crippen molar-refractivity contribution in [2.45, 2.75) is 6.92 Å². The average molecular weight is 336 g/mol. The summed E-state index contributed by atoms with van der Waals surface area (Å²) in [6.07, 6.45) is 5.34. The van der Waals surface area contributed by atoms with Gasteiger partial charge in [0, 0.05) is 5.56 Å². The molecule has 0 aliphatic heterocycles. The molecule has 0 atom stereocenters. The molecule has 128 valence electrons. The topological polar surface area (TPSA) is 52.6 Å². The number of benzene rings is 2. The Morgan fingerprint density at radius 2 is 1.64 bits per heavy atom. The second-order valence-corrected chi connectivity index (χ2v) is 5.39. The van der Waals surface area contributed by atoms with Crippen LogP contribution in [0.3, 0.4) is 0 Å². The zero-order chi connectivity index (χ0) is 18.1. The fourth-order valence-corrected chi connectivity index (χ4v) is 2.08. The number of hydrogen-bond acceptors (Lipinski definition) is 4. The highest BCUT2D eigenvalue weighted by atomic mass is 16.6. The summed E-state index contributed by atoms with van der Waals surface area (Å²) in [5, 5.41) is 0. The molecule has 0 saturated carbocycles. The number of methoxy groups -OCH3 is 1. The Balaban J connectivity index is 1.96. The fourth-order valence-electron chi connectivity index (χ4n) is 2.08. The van der Waals surface area contributed by atoms with E-state index in [4.69, 9.17) is 4.74 Å². The van der Waals surface area contributed by atoms with E-state index in [-0.39, 0.29) is 12.4 Å². The van der Waals surface area contributed by atoms with Gasteiger partial charge in [-0.15, -0.1) is 0 Å². The highest BCUT2D eigenvalue weighted by molar-refractivity contribution is 6.04. The molecule has 4 nitrogen and oxygen atoms in total. The molecule has 0 amide bonds. The van der Waals surface area contributed by atoms with Gasteiger partial charge in [0.25, 0.3) is 0 Å². The lowest BCUT2D eigenvalue weighted by Crippen LogP contribution is -2.12. The first-order valence-corrected chi connectivity index (χ1v) is 7.84. The molecule has 2 aromatic rings. The number of carbonyl (C=O) groups is 2. The first kappa shape index (κ1) is 18.2. The van der Waals surface area contributed by atoms with E-state index in [0.717, 1.165) is 11.1 Å². The van der Waals surface area contributed by atoms with Crippen LogP contribution < -0.4 is 4.74 Å². The number of allylic oxidation sites excluding steroid dienone is 3. The van der Waals surface area contributed by atoms with Gasteiger partial charge in [0.2, 0.25) is 0 Å². The lowest BCUT2D eigenvalue weighted by atomic mass is 10.1. The van der Waals surface area contributed by atoms with Crippen molar-refractivity contribution >= 4 is 17.8 Å². The van der Waals surface area contributed by atoms with Gasteiger partial charge in [-0.3, -0.25) is 4.79 Å². The van der Waals surface area contributed by atoms with E-state index < -0.39 is 5.97 Å². The lowest BCUT2D eigenvalue weighted by Gasteiger charge is -2.05. The normalized spacial score (nSPS) is 11.4. The molecule has 0 aliphatic carbocycles. The predicted molar refractivity (Wildman–Crippen MR) is 97.5 cm³/mol. The van der Waals surface area contributed by atoms with Gasteiger partial charge in [0.1, 0.15) is 5.75 Å². The van der Waals surface area contributed by atoms with Crippen LogP contribution in [0.2, 0.25) is 0 Å². The molecule has 0 unspecified atom stereocenters. The van der Waals surface area contributed by atoms with E-state index in [1.165, 1.54) is 7.11 Å². The highest BCUT2D eigenvalue weighted by Gasteiger charge is 2.04. The monoisotopic (exact) mass is 336 g/mol. The van der Waals surface area contributed by atoms with Crippen LogP contribution in [-0.2, 0) is 9.53 Å². The summed E-state index contributed by atoms with van der Waals surface area (Å²) in [6, 6.07) is 16.5. The van der Waals surface area contributed by atoms with Crippen molar-refractivity contribution in [3.63, 3.8) is 0 Å². The molecule has 25 heavy (non-hydrogen) atoms. The van der Waals surface area contributed by atoms with Crippen LogP contribution in [0, 0.1) is 0 Å². The van der Waals surface area contributed by atoms with Crippen LogP contribution in [0.4, 0.5) is 0 Å². The van der Waals surface area contributed by atoms with Crippen LogP contribution in [0.5, 0.6) is 5.75 Å². The fraction of sp³-hybridized carbons (Fsp3) is 0.143. The van der Waals surface area contributed by atoms with Gasteiger partial charge in [-0.1, -0.05) is 48.1 Å². The third-order valence-corrected chi connectivity index (χ3v) is 3.41. The number of ether oxygens (including phenoxy) is 2. The van der Waals surface area contributed by atoms with Crippen LogP contribution in [0.15, 0.2) is 72.3 Å². The Labute approximate surface area is 147 Å². The summed E-state index contributed by atoms with van der Waals surface area (Å²) in [6.45, 7) is 1.79. The van der Waals surface area contributed by atoms with Gasteiger partial charge in [0.15, 0.2) is 12.4 Å². The Bertz CT molecular complexity index is 771. The number of ketones is 1. The van der Waals surface area contributed by atoms with Gasteiger partial charge in [-0.05, 0) is 42.8 Å². The maximum absolute atomic E-state index is 12.2. The van der Waals surface area contributed by atoms with Crippen molar-refractivity contribution in [1.82, 2.24) is 0 Å². The first-order chi connectivity index (χ1) is 12.1. The van der Waals surface area contributed by atoms with Crippen molar-refractivity contribution < 1.29 is 19.1 Å². The number of carbonyl (C=O) groups excluding carboxylic acids is 2. The van der Waals surface area contributed by atoms with E-state index in [9.17, 15) is 9.59 Å². The summed E-state index contributed by atoms with van der Waals surface area (Å²) >= 11 is 0. The maximum atomic E-state index is 12.2. The molecule has 0 fully saturated rings. The van der Waals surface area contributed by atoms with E-state index >= 15 is 0 Å². The smallest absolute Gasteiger partial charge is 0.343 e. The molecule has 2 aromatic carbocycles. The molecule has 4 heteroatoms. The van der Waals surface area contributed by atoms with Crippen LogP contribution in [-0.4, -0.2) is 25.5 Å². The van der Waals surface area contributed by atoms with Crippen LogP contribution in [0.1, 0.15) is 22.8 Å². The predicted octanol–water partition coefficient (Wildman–Crippen LogP) is 4.08. The summed E-state index contributed by atoms with van der Waals surface area (Å²) in [7, 11) is 1.30. The van der Waals surface area contributed by atoms with Crippen molar-refractivity contribution in [2.24, 2.45) is 0 Å². The molecule has 0 bridgehead atoms. The summed E-state index contributed by atoms with van der Waals surface area (Å²) in [5.74, 6) is -0.0461. The maximum Gasteiger partial charge on any atom is 0.343 e. The number of hydrogen-bond donors (Lipinski definition) is 0. The van der Waals surface area contributed by atoms with Crippen molar-refractivity contribution in [2.75, 3.05) is 13.7 Å². The first-order valence-electron chi connectivity index (χ1n) is 7.84. The molecule has 0 radical (unpaired) electrons. The molecule has 0 heterocycles. The molecule has 0 N–H and O–H groups in total. The standard InChI is InChI=1S/C21H20O4/c1-16(14-17-6-4-3-5-7-17)8-13-20(22)18-9-11-19(12-10-18)25-15-21(23)24-2/h3-14H,15H2,1-2H3/b13-8+,16-14+. The molecular formula is C21H20O4. The van der Waals surface area contributed by atoms with Gasteiger partial charge in [0.05, 0.1) is 7.11 Å². The zero-order valence-corrected chi connectivity index (χ0v) is 14.3. The van der Waals surface area contributed by atoms with Crippen molar-refractivity contribution in [3.05, 3.63) is 83.4 Å². The Morgan fingerprint density at radius 3 is 2.28 bits per heavy atom. The molecule has 0 aromatic heterocycles. The minimum atomic E-state index is -0.455. The van der Waals surface area contributed by atoms with Gasteiger partial charge < -0.3 is 9.47 Å². The summed E-state index contributed by atoms with van der Waals surface area (Å²) in [5.41, 5.74) is 2.62. The van der Waals surface area contributed by atoms with Crippen LogP contribution >= 0.6 is 0 Å². The number of esters is 1. The van der Waals surface area contributed by atoms with E-state index in [2.05, 4.69) is 4.74 Å². The van der Waals surface area contributed by atoms with Crippen LogP contribution in [0.25, 0.3) is 6.08 Å². The average Bonchev–Trinajstić information content (AvgIpc) is 2.65. The summed E-state index contributed by atoms with van der Waals surface area (Å²) < 4.78 is 9.74. The quantitative estimate of drug-likeness (QED) is 0.331. The SMILES string of the molecule is COC(=O)COc1ccc(C(=O)/C=C/C(C)=C/c2ccccc2)cc1. The van der Waals surface area contributed by atoms with Gasteiger partial charge in [-0.25, -0.2) is 4.79 Å². The third kappa shape index (κ3) is 6.11. The molecule has 0 saturated heterocycles. The minimum absolute atomic E-state index is 0.0969. The van der Waals surface area contributed by atoms with E-state index in [1.54, 1.807) is 36.4 Å². The van der Waals surface area contributed by atoms with Gasteiger partial charge >= 0.3 is 5.97 Å². The molecule has 0 aliphatic rings. The van der Waals surface area contributed by atoms with Gasteiger partial charge in [-0.2, -0.15) is 0 Å².